The molecule has 0 spiro atoms. The third-order valence-electron chi connectivity index (χ3n) is 4.60. The van der Waals surface area contributed by atoms with Crippen molar-refractivity contribution in [2.45, 2.75) is 18.7 Å². The van der Waals surface area contributed by atoms with Gasteiger partial charge in [0.1, 0.15) is 0 Å². The maximum absolute atomic E-state index is 13.0. The smallest absolute Gasteiger partial charge is 0.391 e. The van der Waals surface area contributed by atoms with Crippen LogP contribution in [-0.2, 0) is 6.18 Å². The second kappa shape index (κ2) is 8.56. The number of nitrogens with zero attached hydrogens (tertiary/aromatic N) is 4. The maximum atomic E-state index is 13.0. The van der Waals surface area contributed by atoms with Crippen molar-refractivity contribution in [3.63, 3.8) is 0 Å². The quantitative estimate of drug-likeness (QED) is 0.523. The lowest BCUT2D eigenvalue weighted by Crippen LogP contribution is -2.24. The van der Waals surface area contributed by atoms with Gasteiger partial charge in [0.15, 0.2) is 0 Å². The molecule has 7 nitrogen and oxygen atoms in total. The molecule has 1 aromatic heterocycles. The average molecular weight is 451 g/mol. The lowest BCUT2D eigenvalue weighted by Gasteiger charge is -2.18. The highest BCUT2D eigenvalue weighted by atomic mass is 35.5. The van der Waals surface area contributed by atoms with Crippen LogP contribution >= 0.6 is 11.6 Å². The van der Waals surface area contributed by atoms with Crippen molar-refractivity contribution in [3.05, 3.63) is 59.1 Å². The van der Waals surface area contributed by atoms with Gasteiger partial charge in [-0.3, -0.25) is 0 Å². The summed E-state index contributed by atoms with van der Waals surface area (Å²) in [5.41, 5.74) is 0.0324. The predicted molar refractivity (Wildman–Crippen MR) is 112 cm³/mol. The van der Waals surface area contributed by atoms with Crippen LogP contribution in [0.15, 0.2) is 48.5 Å². The number of β-amino-alcohol motifs (C(OH)–C–C–N with tert-alkyl or cyclic N) is 1. The molecule has 0 radical (unpaired) electrons. The number of nitrogens with one attached hydrogen (secondary N) is 2. The van der Waals surface area contributed by atoms with Gasteiger partial charge in [0.25, 0.3) is 0 Å². The average Bonchev–Trinajstić information content (AvgIpc) is 3.14. The zero-order valence-corrected chi connectivity index (χ0v) is 16.8. The first-order valence-corrected chi connectivity index (χ1v) is 9.80. The summed E-state index contributed by atoms with van der Waals surface area (Å²) in [4.78, 5) is 14.8. The Balaban J connectivity index is 1.66. The maximum Gasteiger partial charge on any atom is 0.416 e. The molecule has 1 fully saturated rings. The SMILES string of the molecule is OC1CCN(c2nc(Nc3cccc(Cl)c3)nc(Nc3cccc(C(F)(F)F)c3)n2)C1. The Morgan fingerprint density at radius 1 is 0.968 bits per heavy atom. The third-order valence-corrected chi connectivity index (χ3v) is 4.83. The number of hydrogen-bond acceptors (Lipinski definition) is 7. The lowest BCUT2D eigenvalue weighted by atomic mass is 10.2. The van der Waals surface area contributed by atoms with Crippen LogP contribution in [-0.4, -0.2) is 39.3 Å². The molecule has 1 atom stereocenters. The molecule has 3 aromatic rings. The summed E-state index contributed by atoms with van der Waals surface area (Å²) in [5.74, 6) is 0.545. The van der Waals surface area contributed by atoms with Crippen LogP contribution in [0.25, 0.3) is 0 Å². The summed E-state index contributed by atoms with van der Waals surface area (Å²) in [6, 6.07) is 11.7. The molecule has 3 N–H and O–H groups in total. The molecule has 0 bridgehead atoms. The summed E-state index contributed by atoms with van der Waals surface area (Å²) < 4.78 is 39.1. The van der Waals surface area contributed by atoms with Crippen LogP contribution in [0, 0.1) is 0 Å². The van der Waals surface area contributed by atoms with Gasteiger partial charge in [0, 0.05) is 29.5 Å². The van der Waals surface area contributed by atoms with E-state index in [-0.39, 0.29) is 17.6 Å². The summed E-state index contributed by atoms with van der Waals surface area (Å²) in [6.07, 6.45) is -4.40. The van der Waals surface area contributed by atoms with E-state index in [1.165, 1.54) is 12.1 Å². The van der Waals surface area contributed by atoms with E-state index >= 15 is 0 Å². The molecule has 0 saturated carbocycles. The largest absolute Gasteiger partial charge is 0.416 e. The van der Waals surface area contributed by atoms with Crippen LogP contribution < -0.4 is 15.5 Å². The lowest BCUT2D eigenvalue weighted by molar-refractivity contribution is -0.137. The van der Waals surface area contributed by atoms with E-state index in [9.17, 15) is 18.3 Å². The zero-order chi connectivity index (χ0) is 22.0. The van der Waals surface area contributed by atoms with Gasteiger partial charge < -0.3 is 20.6 Å². The van der Waals surface area contributed by atoms with E-state index in [4.69, 9.17) is 11.6 Å². The van der Waals surface area contributed by atoms with E-state index in [2.05, 4.69) is 25.6 Å². The molecule has 162 valence electrons. The summed E-state index contributed by atoms with van der Waals surface area (Å²) in [6.45, 7) is 0.897. The van der Waals surface area contributed by atoms with Crippen LogP contribution in [0.5, 0.6) is 0 Å². The first kappa shape index (κ1) is 21.1. The molecule has 0 aliphatic carbocycles. The molecule has 1 aliphatic heterocycles. The number of anilines is 5. The van der Waals surface area contributed by atoms with E-state index in [0.29, 0.717) is 36.2 Å². The van der Waals surface area contributed by atoms with E-state index in [1.807, 2.05) is 0 Å². The highest BCUT2D eigenvalue weighted by molar-refractivity contribution is 6.30. The van der Waals surface area contributed by atoms with Gasteiger partial charge in [-0.2, -0.15) is 28.1 Å². The molecular weight excluding hydrogens is 433 g/mol. The van der Waals surface area contributed by atoms with Gasteiger partial charge in [0.05, 0.1) is 11.7 Å². The van der Waals surface area contributed by atoms with Crippen molar-refractivity contribution in [1.29, 1.82) is 0 Å². The highest BCUT2D eigenvalue weighted by Gasteiger charge is 2.30. The molecule has 1 saturated heterocycles. The Morgan fingerprint density at radius 3 is 2.19 bits per heavy atom. The minimum absolute atomic E-state index is 0.0650. The second-order valence-electron chi connectivity index (χ2n) is 7.01. The van der Waals surface area contributed by atoms with Crippen LogP contribution in [0.1, 0.15) is 12.0 Å². The van der Waals surface area contributed by atoms with Gasteiger partial charge in [-0.15, -0.1) is 0 Å². The van der Waals surface area contributed by atoms with Gasteiger partial charge in [-0.05, 0) is 42.8 Å². The zero-order valence-electron chi connectivity index (χ0n) is 16.1. The van der Waals surface area contributed by atoms with Crippen molar-refractivity contribution in [2.24, 2.45) is 0 Å². The minimum Gasteiger partial charge on any atom is -0.391 e. The number of aromatic nitrogens is 3. The molecule has 31 heavy (non-hydrogen) atoms. The first-order chi connectivity index (χ1) is 14.8. The molecule has 2 aromatic carbocycles. The van der Waals surface area contributed by atoms with Crippen molar-refractivity contribution < 1.29 is 18.3 Å². The molecule has 0 amide bonds. The van der Waals surface area contributed by atoms with Gasteiger partial charge in [-0.25, -0.2) is 0 Å². The molecule has 4 rings (SSSR count). The number of benzene rings is 2. The highest BCUT2D eigenvalue weighted by Crippen LogP contribution is 2.31. The second-order valence-corrected chi connectivity index (χ2v) is 7.45. The molecule has 1 aliphatic rings. The topological polar surface area (TPSA) is 86.2 Å². The number of alkyl halides is 3. The van der Waals surface area contributed by atoms with E-state index in [1.54, 1.807) is 29.2 Å². The standard InChI is InChI=1S/C20H18ClF3N6O/c21-13-4-2-6-15(10-13)26-18-27-17(28-19(29-18)30-8-7-16(31)11-30)25-14-5-1-3-12(9-14)20(22,23)24/h1-6,9-10,16,31H,7-8,11H2,(H2,25,26,27,28,29). The van der Waals surface area contributed by atoms with Crippen molar-refractivity contribution >= 4 is 40.8 Å². The fourth-order valence-electron chi connectivity index (χ4n) is 3.14. The number of rotatable bonds is 5. The van der Waals surface area contributed by atoms with Gasteiger partial charge >= 0.3 is 6.18 Å². The fourth-order valence-corrected chi connectivity index (χ4v) is 3.33. The monoisotopic (exact) mass is 450 g/mol. The number of aliphatic hydroxyl groups excluding tert-OH is 1. The number of aliphatic hydroxyl groups is 1. The normalized spacial score (nSPS) is 16.4. The van der Waals surface area contributed by atoms with Crippen LogP contribution in [0.2, 0.25) is 5.02 Å². The van der Waals surface area contributed by atoms with Crippen LogP contribution in [0.4, 0.5) is 42.4 Å². The molecule has 11 heteroatoms. The Morgan fingerprint density at radius 2 is 1.61 bits per heavy atom. The van der Waals surface area contributed by atoms with Gasteiger partial charge in [0.2, 0.25) is 17.8 Å². The third kappa shape index (κ3) is 5.33. The van der Waals surface area contributed by atoms with Crippen LogP contribution in [0.3, 0.4) is 0 Å². The van der Waals surface area contributed by atoms with E-state index in [0.717, 1.165) is 12.1 Å². The van der Waals surface area contributed by atoms with Gasteiger partial charge in [-0.1, -0.05) is 23.7 Å². The van der Waals surface area contributed by atoms with Crippen molar-refractivity contribution in [2.75, 3.05) is 28.6 Å². The summed E-state index contributed by atoms with van der Waals surface area (Å²) >= 11 is 6.02. The van der Waals surface area contributed by atoms with Crippen molar-refractivity contribution in [3.8, 4) is 0 Å². The molecule has 1 unspecified atom stereocenters. The Bertz CT molecular complexity index is 1080. The molecule has 2 heterocycles. The van der Waals surface area contributed by atoms with E-state index < -0.39 is 17.8 Å². The number of hydrogen-bond donors (Lipinski definition) is 3. The number of halogens is 4. The fraction of sp³-hybridized carbons (Fsp3) is 0.250. The Kier molecular flexibility index (Phi) is 5.84. The Hall–Kier alpha value is -3.11. The summed E-state index contributed by atoms with van der Waals surface area (Å²) in [5, 5.41) is 16.2. The molecular formula is C20H18ClF3N6O. The van der Waals surface area contributed by atoms with Crippen molar-refractivity contribution in [1.82, 2.24) is 15.0 Å². The first-order valence-electron chi connectivity index (χ1n) is 9.42. The Labute approximate surface area is 180 Å². The predicted octanol–water partition coefficient (Wildman–Crippen LogP) is 4.60. The minimum atomic E-state index is -4.47. The summed E-state index contributed by atoms with van der Waals surface area (Å²) in [7, 11) is 0.